The Hall–Kier alpha value is -4.25. The SMILES string of the molecule is c1ccc(-c2cc3nn4c(-c5ccccc5)c(-c5ccccc5)nc4nc3o2)cc1. The molecule has 5 nitrogen and oxygen atoms in total. The fraction of sp³-hybridized carbons (Fsp3) is 0. The van der Waals surface area contributed by atoms with E-state index in [2.05, 4.69) is 17.1 Å². The minimum atomic E-state index is 0.477. The van der Waals surface area contributed by atoms with E-state index in [1.807, 2.05) is 89.4 Å². The van der Waals surface area contributed by atoms with Crippen LogP contribution in [0.25, 0.3) is 50.8 Å². The van der Waals surface area contributed by atoms with Gasteiger partial charge in [-0.3, -0.25) is 0 Å². The van der Waals surface area contributed by atoms with Gasteiger partial charge in [0.1, 0.15) is 17.1 Å². The third-order valence-corrected chi connectivity index (χ3v) is 5.09. The summed E-state index contributed by atoms with van der Waals surface area (Å²) in [7, 11) is 0. The second-order valence-electron chi connectivity index (χ2n) is 7.03. The molecular formula is C25H16N4O. The number of aromatic nitrogens is 4. The van der Waals surface area contributed by atoms with Gasteiger partial charge in [0, 0.05) is 22.8 Å². The van der Waals surface area contributed by atoms with Gasteiger partial charge in [0.2, 0.25) is 0 Å². The number of hydrogen-bond acceptors (Lipinski definition) is 4. The fourth-order valence-corrected chi connectivity index (χ4v) is 3.69. The van der Waals surface area contributed by atoms with Crippen LogP contribution in [-0.4, -0.2) is 19.6 Å². The van der Waals surface area contributed by atoms with Gasteiger partial charge in [-0.25, -0.2) is 4.98 Å². The van der Waals surface area contributed by atoms with Crippen LogP contribution < -0.4 is 0 Å². The van der Waals surface area contributed by atoms with Crippen molar-refractivity contribution < 1.29 is 4.42 Å². The minimum absolute atomic E-state index is 0.477. The highest BCUT2D eigenvalue weighted by molar-refractivity contribution is 5.83. The van der Waals surface area contributed by atoms with Crippen molar-refractivity contribution >= 4 is 17.0 Å². The highest BCUT2D eigenvalue weighted by Crippen LogP contribution is 2.33. The Bertz CT molecular complexity index is 1470. The van der Waals surface area contributed by atoms with Crippen molar-refractivity contribution in [2.24, 2.45) is 0 Å². The highest BCUT2D eigenvalue weighted by Gasteiger charge is 2.20. The number of hydrogen-bond donors (Lipinski definition) is 0. The lowest BCUT2D eigenvalue weighted by atomic mass is 10.1. The highest BCUT2D eigenvalue weighted by atomic mass is 16.3. The Morgan fingerprint density at radius 2 is 1.23 bits per heavy atom. The van der Waals surface area contributed by atoms with Crippen LogP contribution in [0.1, 0.15) is 0 Å². The second-order valence-corrected chi connectivity index (χ2v) is 7.03. The zero-order valence-electron chi connectivity index (χ0n) is 15.9. The maximum absolute atomic E-state index is 6.00. The molecular weight excluding hydrogens is 372 g/mol. The third kappa shape index (κ3) is 2.68. The molecule has 0 N–H and O–H groups in total. The molecule has 0 aliphatic heterocycles. The van der Waals surface area contributed by atoms with E-state index in [1.165, 1.54) is 0 Å². The lowest BCUT2D eigenvalue weighted by Gasteiger charge is -2.04. The molecule has 30 heavy (non-hydrogen) atoms. The zero-order valence-corrected chi connectivity index (χ0v) is 15.9. The van der Waals surface area contributed by atoms with E-state index in [9.17, 15) is 0 Å². The topological polar surface area (TPSA) is 56.2 Å². The molecule has 0 bridgehead atoms. The van der Waals surface area contributed by atoms with Crippen molar-refractivity contribution in [3.8, 4) is 33.8 Å². The maximum Gasteiger partial charge on any atom is 0.255 e. The molecule has 5 heteroatoms. The lowest BCUT2D eigenvalue weighted by molar-refractivity contribution is 0.616. The van der Waals surface area contributed by atoms with Gasteiger partial charge in [-0.15, -0.1) is 0 Å². The summed E-state index contributed by atoms with van der Waals surface area (Å²) in [5.41, 5.74) is 5.96. The van der Waals surface area contributed by atoms with Gasteiger partial charge < -0.3 is 4.42 Å². The monoisotopic (exact) mass is 388 g/mol. The van der Waals surface area contributed by atoms with Crippen LogP contribution >= 0.6 is 0 Å². The summed E-state index contributed by atoms with van der Waals surface area (Å²) in [5, 5.41) is 4.84. The number of imidazole rings is 1. The van der Waals surface area contributed by atoms with Crippen LogP contribution in [0.15, 0.2) is 101 Å². The summed E-state index contributed by atoms with van der Waals surface area (Å²) < 4.78 is 7.81. The van der Waals surface area contributed by atoms with Crippen LogP contribution in [0.4, 0.5) is 0 Å². The van der Waals surface area contributed by atoms with E-state index >= 15 is 0 Å². The molecule has 3 aromatic carbocycles. The lowest BCUT2D eigenvalue weighted by Crippen LogP contribution is -1.96. The van der Waals surface area contributed by atoms with Crippen molar-refractivity contribution in [3.05, 3.63) is 97.1 Å². The van der Waals surface area contributed by atoms with Gasteiger partial charge in [-0.1, -0.05) is 91.0 Å². The summed E-state index contributed by atoms with van der Waals surface area (Å²) in [4.78, 5) is 9.50. The first-order valence-corrected chi connectivity index (χ1v) is 9.73. The predicted octanol–water partition coefficient (Wildman–Crippen LogP) is 5.87. The van der Waals surface area contributed by atoms with Gasteiger partial charge >= 0.3 is 0 Å². The largest absolute Gasteiger partial charge is 0.436 e. The smallest absolute Gasteiger partial charge is 0.255 e. The third-order valence-electron chi connectivity index (χ3n) is 5.09. The van der Waals surface area contributed by atoms with Crippen LogP contribution in [-0.2, 0) is 0 Å². The zero-order chi connectivity index (χ0) is 19.9. The van der Waals surface area contributed by atoms with Crippen molar-refractivity contribution in [1.29, 1.82) is 0 Å². The Labute approximate surface area is 172 Å². The summed E-state index contributed by atoms with van der Waals surface area (Å²) in [5.74, 6) is 1.25. The normalized spacial score (nSPS) is 11.3. The number of fused-ring (bicyclic) bond motifs is 2. The average Bonchev–Trinajstić information content (AvgIpc) is 3.40. The molecule has 6 aromatic rings. The summed E-state index contributed by atoms with van der Waals surface area (Å²) >= 11 is 0. The van der Waals surface area contributed by atoms with Crippen molar-refractivity contribution in [1.82, 2.24) is 19.6 Å². The molecule has 0 amide bonds. The predicted molar refractivity (Wildman–Crippen MR) is 117 cm³/mol. The first kappa shape index (κ1) is 16.7. The van der Waals surface area contributed by atoms with Crippen LogP contribution in [0, 0.1) is 0 Å². The summed E-state index contributed by atoms with van der Waals surface area (Å²) in [6, 6.07) is 32.1. The Morgan fingerprint density at radius 3 is 1.90 bits per heavy atom. The average molecular weight is 388 g/mol. The molecule has 0 aliphatic carbocycles. The van der Waals surface area contributed by atoms with E-state index in [0.717, 1.165) is 33.8 Å². The Balaban J connectivity index is 1.62. The molecule has 0 saturated carbocycles. The fourth-order valence-electron chi connectivity index (χ4n) is 3.69. The Kier molecular flexibility index (Phi) is 3.71. The second kappa shape index (κ2) is 6.67. The molecule has 0 aliphatic rings. The molecule has 3 heterocycles. The van der Waals surface area contributed by atoms with E-state index in [0.29, 0.717) is 17.0 Å². The van der Waals surface area contributed by atoms with Crippen LogP contribution in [0.2, 0.25) is 0 Å². The van der Waals surface area contributed by atoms with Crippen molar-refractivity contribution in [3.63, 3.8) is 0 Å². The van der Waals surface area contributed by atoms with Crippen molar-refractivity contribution in [2.45, 2.75) is 0 Å². The van der Waals surface area contributed by atoms with Crippen LogP contribution in [0.3, 0.4) is 0 Å². The molecule has 0 spiro atoms. The van der Waals surface area contributed by atoms with E-state index in [-0.39, 0.29) is 0 Å². The number of benzene rings is 3. The quantitative estimate of drug-likeness (QED) is 0.380. The van der Waals surface area contributed by atoms with Gasteiger partial charge in [0.15, 0.2) is 5.52 Å². The van der Waals surface area contributed by atoms with Gasteiger partial charge in [0.05, 0.1) is 0 Å². The molecule has 3 aromatic heterocycles. The van der Waals surface area contributed by atoms with E-state index < -0.39 is 0 Å². The van der Waals surface area contributed by atoms with E-state index in [4.69, 9.17) is 14.5 Å². The molecule has 0 radical (unpaired) electrons. The number of rotatable bonds is 3. The van der Waals surface area contributed by atoms with Gasteiger partial charge in [-0.05, 0) is 0 Å². The molecule has 0 atom stereocenters. The van der Waals surface area contributed by atoms with Gasteiger partial charge in [-0.2, -0.15) is 14.6 Å². The molecule has 0 saturated heterocycles. The summed E-state index contributed by atoms with van der Waals surface area (Å²) in [6.07, 6.45) is 0. The number of furan rings is 1. The van der Waals surface area contributed by atoms with Crippen LogP contribution in [0.5, 0.6) is 0 Å². The standard InChI is InChI=1S/C25H16N4O/c1-4-10-17(11-5-1)21-16-20-24(30-21)27-25-26-22(18-12-6-2-7-13-18)23(29(25)28-20)19-14-8-3-9-15-19/h1-16H. The maximum atomic E-state index is 6.00. The summed E-state index contributed by atoms with van der Waals surface area (Å²) in [6.45, 7) is 0. The van der Waals surface area contributed by atoms with Crippen molar-refractivity contribution in [2.75, 3.05) is 0 Å². The van der Waals surface area contributed by atoms with Gasteiger partial charge in [0.25, 0.3) is 11.5 Å². The molecule has 142 valence electrons. The first-order chi connectivity index (χ1) is 14.9. The minimum Gasteiger partial charge on any atom is -0.436 e. The molecule has 0 fully saturated rings. The molecule has 0 unspecified atom stereocenters. The first-order valence-electron chi connectivity index (χ1n) is 9.73. The number of nitrogens with zero attached hydrogens (tertiary/aromatic N) is 4. The van der Waals surface area contributed by atoms with E-state index in [1.54, 1.807) is 0 Å². The molecule has 6 rings (SSSR count). The Morgan fingerprint density at radius 1 is 0.633 bits per heavy atom.